The van der Waals surface area contributed by atoms with Crippen LogP contribution < -0.4 is 20.6 Å². The molecule has 0 saturated carbocycles. The zero-order chi connectivity index (χ0) is 35.3. The largest absolute Gasteiger partial charge is 0.456 e. The molecule has 250 valence electrons. The first-order valence-electron chi connectivity index (χ1n) is 18.9. The van der Waals surface area contributed by atoms with E-state index in [-0.39, 0.29) is 6.85 Å². The number of para-hydroxylation sites is 4. The molecule has 1 aromatic heterocycles. The van der Waals surface area contributed by atoms with Gasteiger partial charge in [0.05, 0.1) is 11.1 Å². The Morgan fingerprint density at radius 1 is 0.519 bits per heavy atom. The lowest BCUT2D eigenvalue weighted by Gasteiger charge is -2.51. The summed E-state index contributed by atoms with van der Waals surface area (Å²) in [7, 11) is 0. The zero-order valence-corrected chi connectivity index (χ0v) is 29.5. The van der Waals surface area contributed by atoms with Crippen LogP contribution in [0.3, 0.4) is 0 Å². The molecule has 13 rings (SSSR count). The monoisotopic (exact) mass is 686 g/mol. The van der Waals surface area contributed by atoms with Crippen molar-refractivity contribution in [2.75, 3.05) is 9.71 Å². The third-order valence-corrected chi connectivity index (χ3v) is 12.7. The van der Waals surface area contributed by atoms with E-state index < -0.39 is 5.41 Å². The molecule has 0 unspecified atom stereocenters. The van der Waals surface area contributed by atoms with Crippen LogP contribution in [0.5, 0.6) is 0 Å². The van der Waals surface area contributed by atoms with E-state index >= 15 is 0 Å². The average Bonchev–Trinajstić information content (AvgIpc) is 3.75. The van der Waals surface area contributed by atoms with Gasteiger partial charge in [-0.2, -0.15) is 0 Å². The molecule has 1 spiro atoms. The van der Waals surface area contributed by atoms with Crippen LogP contribution in [-0.2, 0) is 5.41 Å². The number of furan rings is 1. The number of fused-ring (bicyclic) bond motifs is 17. The van der Waals surface area contributed by atoms with Crippen LogP contribution in [0.4, 0.5) is 28.4 Å². The smallest absolute Gasteiger partial charge is 0.333 e. The SMILES string of the molecule is Cc1cc2c3c(c1)N1c4ccccc4C4(c5ccccc5-c5ccccc54)c4cccc(c41)B3N(c1ccccc1)c1ccc3oc4ccccc4c3c1-2. The van der Waals surface area contributed by atoms with E-state index in [9.17, 15) is 0 Å². The van der Waals surface area contributed by atoms with Crippen LogP contribution in [0.15, 0.2) is 174 Å². The molecule has 54 heavy (non-hydrogen) atoms. The van der Waals surface area contributed by atoms with Crippen molar-refractivity contribution in [3.05, 3.63) is 198 Å². The number of aryl methyl sites for hydroxylation is 1. The minimum absolute atomic E-state index is 0.0680. The van der Waals surface area contributed by atoms with Gasteiger partial charge >= 0.3 is 6.85 Å². The summed E-state index contributed by atoms with van der Waals surface area (Å²) in [6.07, 6.45) is 0. The van der Waals surface area contributed by atoms with Gasteiger partial charge in [0.25, 0.3) is 0 Å². The van der Waals surface area contributed by atoms with E-state index in [0.717, 1.165) is 16.6 Å². The first-order valence-corrected chi connectivity index (χ1v) is 18.9. The van der Waals surface area contributed by atoms with E-state index in [1.54, 1.807) is 0 Å². The van der Waals surface area contributed by atoms with Crippen molar-refractivity contribution in [1.82, 2.24) is 0 Å². The maximum Gasteiger partial charge on any atom is 0.333 e. The van der Waals surface area contributed by atoms with Crippen LogP contribution in [0.2, 0.25) is 0 Å². The van der Waals surface area contributed by atoms with Crippen molar-refractivity contribution in [2.45, 2.75) is 12.3 Å². The molecule has 0 radical (unpaired) electrons. The number of hydrogen-bond acceptors (Lipinski definition) is 3. The van der Waals surface area contributed by atoms with Crippen LogP contribution in [0, 0.1) is 6.92 Å². The van der Waals surface area contributed by atoms with Crippen molar-refractivity contribution in [3.8, 4) is 22.3 Å². The van der Waals surface area contributed by atoms with E-state index in [2.05, 4.69) is 186 Å². The fourth-order valence-corrected chi connectivity index (χ4v) is 10.8. The molecule has 0 fully saturated rings. The van der Waals surface area contributed by atoms with Gasteiger partial charge in [-0.3, -0.25) is 0 Å². The van der Waals surface area contributed by atoms with Gasteiger partial charge in [0.15, 0.2) is 0 Å². The predicted octanol–water partition coefficient (Wildman–Crippen LogP) is 11.3. The quantitative estimate of drug-likeness (QED) is 0.160. The highest BCUT2D eigenvalue weighted by Gasteiger charge is 2.55. The van der Waals surface area contributed by atoms with Gasteiger partial charge < -0.3 is 14.1 Å². The molecule has 4 aliphatic rings. The Bertz CT molecular complexity index is 3060. The van der Waals surface area contributed by atoms with Gasteiger partial charge in [-0.15, -0.1) is 0 Å². The maximum atomic E-state index is 6.55. The Labute approximate surface area is 313 Å². The van der Waals surface area contributed by atoms with Crippen LogP contribution in [0.25, 0.3) is 44.2 Å². The standard InChI is InChI=1S/C50H31BN2O/c1-30-28-35-46-42(26-27-45-47(46)34-18-7-12-25-44(34)54-45)53(31-14-3-2-4-15-31)51-40-23-13-22-39-49(40)52(43(29-30)48(35)51)41-24-11-10-21-38(41)50(39)36-19-8-5-16-32(36)33-17-6-9-20-37(33)50/h2-29H,1H3. The molecule has 3 aliphatic heterocycles. The fraction of sp³-hybridized carbons (Fsp3) is 0.0400. The highest BCUT2D eigenvalue weighted by Crippen LogP contribution is 2.64. The van der Waals surface area contributed by atoms with E-state index in [1.807, 2.05) is 0 Å². The van der Waals surface area contributed by atoms with Crippen molar-refractivity contribution in [1.29, 1.82) is 0 Å². The van der Waals surface area contributed by atoms with E-state index in [0.29, 0.717) is 0 Å². The summed E-state index contributed by atoms with van der Waals surface area (Å²) in [5.74, 6) is 0. The first kappa shape index (κ1) is 28.8. The third-order valence-electron chi connectivity index (χ3n) is 12.7. The van der Waals surface area contributed by atoms with Gasteiger partial charge in [0.1, 0.15) is 11.2 Å². The van der Waals surface area contributed by atoms with Crippen LogP contribution >= 0.6 is 0 Å². The Morgan fingerprint density at radius 3 is 2.02 bits per heavy atom. The first-order chi connectivity index (χ1) is 26.7. The molecule has 9 aromatic rings. The third kappa shape index (κ3) is 3.28. The van der Waals surface area contributed by atoms with Crippen molar-refractivity contribution < 1.29 is 4.42 Å². The molecule has 0 amide bonds. The molecule has 0 atom stereocenters. The second-order valence-electron chi connectivity index (χ2n) is 15.2. The molecule has 4 heteroatoms. The van der Waals surface area contributed by atoms with E-state index in [1.165, 1.54) is 94.8 Å². The highest BCUT2D eigenvalue weighted by atomic mass is 16.3. The lowest BCUT2D eigenvalue weighted by atomic mass is 9.42. The van der Waals surface area contributed by atoms with Crippen molar-refractivity contribution in [3.63, 3.8) is 0 Å². The normalized spacial score (nSPS) is 14.8. The lowest BCUT2D eigenvalue weighted by molar-refractivity contribution is 0.669. The average molecular weight is 687 g/mol. The Balaban J connectivity index is 1.21. The molecule has 0 saturated heterocycles. The summed E-state index contributed by atoms with van der Waals surface area (Å²) >= 11 is 0. The number of nitrogens with zero attached hydrogens (tertiary/aromatic N) is 2. The molecular weight excluding hydrogens is 655 g/mol. The molecule has 8 aromatic carbocycles. The molecule has 0 bridgehead atoms. The maximum absolute atomic E-state index is 6.55. The van der Waals surface area contributed by atoms with Gasteiger partial charge in [-0.05, 0) is 105 Å². The minimum Gasteiger partial charge on any atom is -0.456 e. The highest BCUT2D eigenvalue weighted by molar-refractivity contribution is 6.93. The Kier molecular flexibility index (Phi) is 5.33. The summed E-state index contributed by atoms with van der Waals surface area (Å²) in [4.78, 5) is 5.22. The zero-order valence-electron chi connectivity index (χ0n) is 29.5. The van der Waals surface area contributed by atoms with Crippen molar-refractivity contribution in [2.24, 2.45) is 0 Å². The van der Waals surface area contributed by atoms with Gasteiger partial charge in [-0.1, -0.05) is 127 Å². The van der Waals surface area contributed by atoms with Crippen LogP contribution in [-0.4, -0.2) is 6.85 Å². The summed E-state index contributed by atoms with van der Waals surface area (Å²) in [6.45, 7) is 2.19. The summed E-state index contributed by atoms with van der Waals surface area (Å²) in [5, 5.41) is 2.32. The molecule has 3 nitrogen and oxygen atoms in total. The number of anilines is 5. The number of hydrogen-bond donors (Lipinski definition) is 0. The molecular formula is C50H31BN2O. The summed E-state index contributed by atoms with van der Waals surface area (Å²) < 4.78 is 6.55. The van der Waals surface area contributed by atoms with Gasteiger partial charge in [-0.25, -0.2) is 0 Å². The molecule has 1 aliphatic carbocycles. The van der Waals surface area contributed by atoms with Gasteiger partial charge in [0.2, 0.25) is 0 Å². The van der Waals surface area contributed by atoms with E-state index in [4.69, 9.17) is 4.42 Å². The number of rotatable bonds is 1. The minimum atomic E-state index is -0.470. The lowest BCUT2D eigenvalue weighted by Crippen LogP contribution is -2.62. The second-order valence-corrected chi connectivity index (χ2v) is 15.2. The number of benzene rings is 8. The summed E-state index contributed by atoms with van der Waals surface area (Å²) in [5.41, 5.74) is 21.9. The molecule has 0 N–H and O–H groups in total. The van der Waals surface area contributed by atoms with Crippen LogP contribution in [0.1, 0.15) is 27.8 Å². The Morgan fingerprint density at radius 2 is 1.20 bits per heavy atom. The Hall–Kier alpha value is -6.78. The topological polar surface area (TPSA) is 19.6 Å². The van der Waals surface area contributed by atoms with Gasteiger partial charge in [0, 0.05) is 39.1 Å². The second kappa shape index (κ2) is 10.0. The van der Waals surface area contributed by atoms with Crippen molar-refractivity contribution >= 4 is 68.1 Å². The fourth-order valence-electron chi connectivity index (χ4n) is 10.8. The molecule has 4 heterocycles. The predicted molar refractivity (Wildman–Crippen MR) is 223 cm³/mol. The summed E-state index contributed by atoms with van der Waals surface area (Å²) in [6, 6.07) is 63.3.